The zero-order valence-electron chi connectivity index (χ0n) is 14.2. The van der Waals surface area contributed by atoms with Crippen molar-refractivity contribution in [3.05, 3.63) is 58.9 Å². The van der Waals surface area contributed by atoms with Crippen LogP contribution in [0.2, 0.25) is 0 Å². The van der Waals surface area contributed by atoms with Crippen molar-refractivity contribution in [2.75, 3.05) is 5.32 Å². The number of carbonyl (C=O) groups excluding carboxylic acids is 1. The second-order valence-electron chi connectivity index (χ2n) is 6.29. The number of carboxylic acids is 1. The Labute approximate surface area is 141 Å². The number of pyridine rings is 1. The molecule has 0 saturated heterocycles. The SMILES string of the molecule is Cc1cc(CCC(C)C)nc(C(=O)Nc2ccc(C(=O)O)cc2)c1. The van der Waals surface area contributed by atoms with Crippen LogP contribution in [0.1, 0.15) is 52.4 Å². The first kappa shape index (κ1) is 17.7. The number of aromatic nitrogens is 1. The largest absolute Gasteiger partial charge is 0.478 e. The number of carboxylic acid groups (broad SMARTS) is 1. The molecule has 2 rings (SSSR count). The number of nitrogens with one attached hydrogen (secondary N) is 1. The summed E-state index contributed by atoms with van der Waals surface area (Å²) in [4.78, 5) is 27.7. The molecule has 0 atom stereocenters. The third-order valence-electron chi connectivity index (χ3n) is 3.62. The van der Waals surface area contributed by atoms with E-state index >= 15 is 0 Å². The molecule has 0 fully saturated rings. The maximum atomic E-state index is 12.4. The summed E-state index contributed by atoms with van der Waals surface area (Å²) < 4.78 is 0. The fourth-order valence-corrected chi connectivity index (χ4v) is 2.31. The summed E-state index contributed by atoms with van der Waals surface area (Å²) in [6.45, 7) is 6.26. The molecule has 1 heterocycles. The molecule has 0 aliphatic carbocycles. The van der Waals surface area contributed by atoms with Crippen molar-refractivity contribution in [1.82, 2.24) is 4.98 Å². The summed E-state index contributed by atoms with van der Waals surface area (Å²) in [5.74, 6) is -0.715. The highest BCUT2D eigenvalue weighted by Gasteiger charge is 2.11. The summed E-state index contributed by atoms with van der Waals surface area (Å²) in [6.07, 6.45) is 1.86. The minimum Gasteiger partial charge on any atom is -0.478 e. The Morgan fingerprint density at radius 2 is 1.83 bits per heavy atom. The Bertz CT molecular complexity index is 737. The van der Waals surface area contributed by atoms with Gasteiger partial charge in [0.2, 0.25) is 0 Å². The van der Waals surface area contributed by atoms with Gasteiger partial charge in [0, 0.05) is 11.4 Å². The summed E-state index contributed by atoms with van der Waals surface area (Å²) in [7, 11) is 0. The van der Waals surface area contributed by atoms with Crippen molar-refractivity contribution in [3.63, 3.8) is 0 Å². The van der Waals surface area contributed by atoms with E-state index in [1.165, 1.54) is 12.1 Å². The Hall–Kier alpha value is -2.69. The smallest absolute Gasteiger partial charge is 0.335 e. The molecule has 0 aliphatic heterocycles. The first-order chi connectivity index (χ1) is 11.3. The molecule has 0 bridgehead atoms. The van der Waals surface area contributed by atoms with E-state index in [0.29, 0.717) is 17.3 Å². The van der Waals surface area contributed by atoms with Crippen molar-refractivity contribution in [2.24, 2.45) is 5.92 Å². The second kappa shape index (κ2) is 7.73. The van der Waals surface area contributed by atoms with Crippen molar-refractivity contribution in [1.29, 1.82) is 0 Å². The number of aryl methyl sites for hydroxylation is 2. The molecule has 2 N–H and O–H groups in total. The molecule has 0 aliphatic rings. The van der Waals surface area contributed by atoms with Gasteiger partial charge in [-0.3, -0.25) is 4.79 Å². The molecule has 0 unspecified atom stereocenters. The van der Waals surface area contributed by atoms with E-state index in [1.807, 2.05) is 13.0 Å². The van der Waals surface area contributed by atoms with Crippen LogP contribution in [0.15, 0.2) is 36.4 Å². The lowest BCUT2D eigenvalue weighted by Gasteiger charge is -2.09. The van der Waals surface area contributed by atoms with E-state index in [1.54, 1.807) is 18.2 Å². The molecular formula is C19H22N2O3. The molecule has 5 heteroatoms. The molecule has 0 saturated carbocycles. The number of benzene rings is 1. The molecule has 5 nitrogen and oxygen atoms in total. The molecule has 1 amide bonds. The standard InChI is InChI=1S/C19H22N2O3/c1-12(2)4-7-16-10-13(3)11-17(20-16)18(22)21-15-8-5-14(6-9-15)19(23)24/h5-6,8-12H,4,7H2,1-3H3,(H,21,22)(H,23,24). The van der Waals surface area contributed by atoms with Crippen LogP contribution in [0, 0.1) is 12.8 Å². The van der Waals surface area contributed by atoms with E-state index in [-0.39, 0.29) is 11.5 Å². The zero-order chi connectivity index (χ0) is 17.7. The minimum absolute atomic E-state index is 0.178. The van der Waals surface area contributed by atoms with Gasteiger partial charge in [-0.1, -0.05) is 13.8 Å². The average Bonchev–Trinajstić information content (AvgIpc) is 2.53. The van der Waals surface area contributed by atoms with Gasteiger partial charge in [-0.05, 0) is 67.6 Å². The predicted octanol–water partition coefficient (Wildman–Crippen LogP) is 3.93. The van der Waals surface area contributed by atoms with Gasteiger partial charge in [-0.15, -0.1) is 0 Å². The first-order valence-electron chi connectivity index (χ1n) is 7.97. The molecule has 2 aromatic rings. The van der Waals surface area contributed by atoms with Gasteiger partial charge in [0.05, 0.1) is 5.56 Å². The third-order valence-corrected chi connectivity index (χ3v) is 3.62. The van der Waals surface area contributed by atoms with E-state index in [0.717, 1.165) is 24.1 Å². The molecule has 0 spiro atoms. The predicted molar refractivity (Wildman–Crippen MR) is 93.5 cm³/mol. The average molecular weight is 326 g/mol. The van der Waals surface area contributed by atoms with Crippen LogP contribution in [0.25, 0.3) is 0 Å². The van der Waals surface area contributed by atoms with Gasteiger partial charge < -0.3 is 10.4 Å². The van der Waals surface area contributed by atoms with E-state index in [2.05, 4.69) is 24.1 Å². The van der Waals surface area contributed by atoms with E-state index in [4.69, 9.17) is 5.11 Å². The highest BCUT2D eigenvalue weighted by Crippen LogP contribution is 2.14. The highest BCUT2D eigenvalue weighted by atomic mass is 16.4. The number of rotatable bonds is 6. The quantitative estimate of drug-likeness (QED) is 0.843. The maximum absolute atomic E-state index is 12.4. The minimum atomic E-state index is -0.997. The number of hydrogen-bond acceptors (Lipinski definition) is 3. The summed E-state index contributed by atoms with van der Waals surface area (Å²) in [5.41, 5.74) is 3.00. The Morgan fingerprint density at radius 3 is 2.42 bits per heavy atom. The van der Waals surface area contributed by atoms with Crippen LogP contribution in [-0.4, -0.2) is 22.0 Å². The van der Waals surface area contributed by atoms with Crippen LogP contribution >= 0.6 is 0 Å². The molecule has 1 aromatic carbocycles. The molecular weight excluding hydrogens is 304 g/mol. The fourth-order valence-electron chi connectivity index (χ4n) is 2.31. The van der Waals surface area contributed by atoms with Crippen LogP contribution in [0.4, 0.5) is 5.69 Å². The van der Waals surface area contributed by atoms with Crippen LogP contribution in [-0.2, 0) is 6.42 Å². The Balaban J connectivity index is 2.12. The number of hydrogen-bond donors (Lipinski definition) is 2. The van der Waals surface area contributed by atoms with Gasteiger partial charge in [-0.2, -0.15) is 0 Å². The van der Waals surface area contributed by atoms with Gasteiger partial charge in [0.1, 0.15) is 5.69 Å². The van der Waals surface area contributed by atoms with Crippen molar-refractivity contribution >= 4 is 17.6 Å². The Morgan fingerprint density at radius 1 is 1.17 bits per heavy atom. The molecule has 1 aromatic heterocycles. The molecule has 24 heavy (non-hydrogen) atoms. The normalized spacial score (nSPS) is 10.7. The lowest BCUT2D eigenvalue weighted by atomic mass is 10.0. The van der Waals surface area contributed by atoms with Crippen molar-refractivity contribution in [2.45, 2.75) is 33.6 Å². The monoisotopic (exact) mass is 326 g/mol. The van der Waals surface area contributed by atoms with E-state index in [9.17, 15) is 9.59 Å². The molecule has 126 valence electrons. The number of carbonyl (C=O) groups is 2. The summed E-state index contributed by atoms with van der Waals surface area (Å²) in [6, 6.07) is 9.79. The van der Waals surface area contributed by atoms with Gasteiger partial charge >= 0.3 is 5.97 Å². The van der Waals surface area contributed by atoms with Crippen LogP contribution in [0.3, 0.4) is 0 Å². The topological polar surface area (TPSA) is 79.3 Å². The van der Waals surface area contributed by atoms with Gasteiger partial charge in [0.25, 0.3) is 5.91 Å². The number of aromatic carboxylic acids is 1. The van der Waals surface area contributed by atoms with Crippen molar-refractivity contribution in [3.8, 4) is 0 Å². The van der Waals surface area contributed by atoms with Crippen LogP contribution in [0.5, 0.6) is 0 Å². The van der Waals surface area contributed by atoms with Gasteiger partial charge in [0.15, 0.2) is 0 Å². The summed E-state index contributed by atoms with van der Waals surface area (Å²) in [5, 5.41) is 11.6. The second-order valence-corrected chi connectivity index (χ2v) is 6.29. The lowest BCUT2D eigenvalue weighted by molar-refractivity contribution is 0.0696. The summed E-state index contributed by atoms with van der Waals surface area (Å²) >= 11 is 0. The zero-order valence-corrected chi connectivity index (χ0v) is 14.2. The number of anilines is 1. The lowest BCUT2D eigenvalue weighted by Crippen LogP contribution is -2.15. The van der Waals surface area contributed by atoms with Crippen LogP contribution < -0.4 is 5.32 Å². The third kappa shape index (κ3) is 4.91. The van der Waals surface area contributed by atoms with Crippen molar-refractivity contribution < 1.29 is 14.7 Å². The number of amides is 1. The molecule has 0 radical (unpaired) electrons. The highest BCUT2D eigenvalue weighted by molar-refractivity contribution is 6.03. The fraction of sp³-hybridized carbons (Fsp3) is 0.316. The van der Waals surface area contributed by atoms with Gasteiger partial charge in [-0.25, -0.2) is 9.78 Å². The Kier molecular flexibility index (Phi) is 5.68. The van der Waals surface area contributed by atoms with E-state index < -0.39 is 5.97 Å². The first-order valence-corrected chi connectivity index (χ1v) is 7.97. The number of nitrogens with zero attached hydrogens (tertiary/aromatic N) is 1. The maximum Gasteiger partial charge on any atom is 0.335 e.